The van der Waals surface area contributed by atoms with Gasteiger partial charge in [0.25, 0.3) is 0 Å². The second-order valence-electron chi connectivity index (χ2n) is 9.03. The molecule has 0 amide bonds. The molecule has 0 atom stereocenters. The third kappa shape index (κ3) is 6.18. The van der Waals surface area contributed by atoms with E-state index in [0.717, 1.165) is 25.0 Å². The predicted octanol–water partition coefficient (Wildman–Crippen LogP) is 8.59. The Balaban J connectivity index is 1.48. The van der Waals surface area contributed by atoms with Gasteiger partial charge >= 0.3 is 6.11 Å². The average Bonchev–Trinajstić information content (AvgIpc) is 2.85. The monoisotopic (exact) mass is 542 g/mol. The van der Waals surface area contributed by atoms with Crippen LogP contribution >= 0.6 is 0 Å². The molecule has 0 heterocycles. The highest BCUT2D eigenvalue weighted by Gasteiger charge is 2.34. The number of hydrogen-bond acceptors (Lipinski definition) is 2. The topological polar surface area (TPSA) is 18.5 Å². The van der Waals surface area contributed by atoms with E-state index in [1.807, 2.05) is 6.08 Å². The van der Waals surface area contributed by atoms with Crippen LogP contribution in [0.25, 0.3) is 22.3 Å². The van der Waals surface area contributed by atoms with Crippen molar-refractivity contribution in [3.05, 3.63) is 90.0 Å². The summed E-state index contributed by atoms with van der Waals surface area (Å²) in [6.45, 7) is 2.68. The first-order valence-corrected chi connectivity index (χ1v) is 11.7. The van der Waals surface area contributed by atoms with Gasteiger partial charge in [-0.15, -0.1) is 6.58 Å². The Morgan fingerprint density at radius 1 is 0.763 bits per heavy atom. The van der Waals surface area contributed by atoms with Gasteiger partial charge in [-0.25, -0.2) is 26.3 Å². The highest BCUT2D eigenvalue weighted by atomic mass is 19.3. The fourth-order valence-corrected chi connectivity index (χ4v) is 4.41. The van der Waals surface area contributed by atoms with Crippen LogP contribution in [0, 0.1) is 40.8 Å². The quantitative estimate of drug-likeness (QED) is 0.161. The summed E-state index contributed by atoms with van der Waals surface area (Å²) in [7, 11) is 0. The van der Waals surface area contributed by atoms with Gasteiger partial charge in [0.2, 0.25) is 0 Å². The Labute approximate surface area is 213 Å². The molecule has 0 unspecified atom stereocenters. The maximum absolute atomic E-state index is 14.7. The molecular formula is C28H22F8O2. The summed E-state index contributed by atoms with van der Waals surface area (Å²) in [5, 5.41) is 0. The predicted molar refractivity (Wildman–Crippen MR) is 125 cm³/mol. The minimum atomic E-state index is -3.76. The van der Waals surface area contributed by atoms with Crippen molar-refractivity contribution >= 4 is 0 Å². The molecule has 1 aliphatic carbocycles. The van der Waals surface area contributed by atoms with Crippen molar-refractivity contribution in [3.63, 3.8) is 0 Å². The maximum atomic E-state index is 14.7. The molecule has 0 aliphatic heterocycles. The lowest BCUT2D eigenvalue weighted by atomic mass is 9.87. The molecule has 1 aliphatic rings. The number of halogens is 8. The average molecular weight is 542 g/mol. The number of rotatable bonds is 8. The molecule has 10 heteroatoms. The van der Waals surface area contributed by atoms with Crippen LogP contribution in [0.4, 0.5) is 35.1 Å². The number of allylic oxidation sites excluding steroid dienone is 1. The van der Waals surface area contributed by atoms with Crippen LogP contribution in [0.1, 0.15) is 25.7 Å². The summed E-state index contributed by atoms with van der Waals surface area (Å²) in [5.74, 6) is -9.04. The molecule has 0 bridgehead atoms. The van der Waals surface area contributed by atoms with E-state index in [0.29, 0.717) is 49.1 Å². The summed E-state index contributed by atoms with van der Waals surface area (Å²) in [6, 6.07) is 4.84. The van der Waals surface area contributed by atoms with Crippen LogP contribution in [0.5, 0.6) is 5.75 Å². The van der Waals surface area contributed by atoms with Gasteiger partial charge in [-0.3, -0.25) is 0 Å². The van der Waals surface area contributed by atoms with Gasteiger partial charge in [-0.1, -0.05) is 6.08 Å². The highest BCUT2D eigenvalue weighted by Crippen LogP contribution is 2.35. The molecule has 0 aromatic heterocycles. The van der Waals surface area contributed by atoms with Crippen molar-refractivity contribution in [1.29, 1.82) is 0 Å². The second-order valence-corrected chi connectivity index (χ2v) is 9.03. The number of alkyl halides is 2. The Morgan fingerprint density at radius 2 is 1.34 bits per heavy atom. The lowest BCUT2D eigenvalue weighted by Crippen LogP contribution is -2.34. The molecule has 0 spiro atoms. The fourth-order valence-electron chi connectivity index (χ4n) is 4.41. The summed E-state index contributed by atoms with van der Waals surface area (Å²) in [5.41, 5.74) is -2.13. The molecule has 1 saturated carbocycles. The first-order valence-electron chi connectivity index (χ1n) is 11.7. The fraction of sp³-hybridized carbons (Fsp3) is 0.286. The van der Waals surface area contributed by atoms with Crippen LogP contribution in [0.2, 0.25) is 0 Å². The van der Waals surface area contributed by atoms with Crippen molar-refractivity contribution in [2.75, 3.05) is 6.61 Å². The Hall–Kier alpha value is -3.40. The molecular weight excluding hydrogens is 520 g/mol. The van der Waals surface area contributed by atoms with Gasteiger partial charge in [0.05, 0.1) is 11.7 Å². The van der Waals surface area contributed by atoms with E-state index in [2.05, 4.69) is 11.3 Å². The normalized spacial score (nSPS) is 17.9. The molecule has 0 radical (unpaired) electrons. The first-order chi connectivity index (χ1) is 18.0. The van der Waals surface area contributed by atoms with Gasteiger partial charge < -0.3 is 9.47 Å². The summed E-state index contributed by atoms with van der Waals surface area (Å²) in [6.07, 6.45) is 0.496. The molecule has 4 rings (SSSR count). The van der Waals surface area contributed by atoms with Crippen LogP contribution in [-0.4, -0.2) is 18.8 Å². The third-order valence-corrected chi connectivity index (χ3v) is 6.37. The first kappa shape index (κ1) is 27.6. The van der Waals surface area contributed by atoms with Crippen molar-refractivity contribution < 1.29 is 44.6 Å². The van der Waals surface area contributed by atoms with Gasteiger partial charge in [0.15, 0.2) is 24.1 Å². The van der Waals surface area contributed by atoms with E-state index in [9.17, 15) is 35.1 Å². The molecule has 0 N–H and O–H groups in total. The Morgan fingerprint density at radius 3 is 1.89 bits per heavy atom. The summed E-state index contributed by atoms with van der Waals surface area (Å²) >= 11 is 0. The van der Waals surface area contributed by atoms with E-state index >= 15 is 0 Å². The smallest absolute Gasteiger partial charge is 0.421 e. The molecule has 38 heavy (non-hydrogen) atoms. The van der Waals surface area contributed by atoms with Gasteiger partial charge in [0, 0.05) is 11.6 Å². The Bertz CT molecular complexity index is 1290. The second kappa shape index (κ2) is 11.1. The van der Waals surface area contributed by atoms with E-state index in [1.165, 1.54) is 0 Å². The zero-order valence-electron chi connectivity index (χ0n) is 19.9. The SMILES string of the molecule is C=CC1CCC(OCC(F)(F)Oc2ccc(-c3cc(F)c(-c4cc(F)c(F)c(F)c4)c(F)c3)c(F)c2)CC1. The van der Waals surface area contributed by atoms with Crippen LogP contribution in [-0.2, 0) is 4.74 Å². The summed E-state index contributed by atoms with van der Waals surface area (Å²) in [4.78, 5) is 0. The molecule has 3 aromatic carbocycles. The van der Waals surface area contributed by atoms with Crippen molar-refractivity contribution in [1.82, 2.24) is 0 Å². The van der Waals surface area contributed by atoms with Crippen molar-refractivity contribution in [3.8, 4) is 28.0 Å². The van der Waals surface area contributed by atoms with Crippen LogP contribution in [0.3, 0.4) is 0 Å². The van der Waals surface area contributed by atoms with Crippen molar-refractivity contribution in [2.24, 2.45) is 5.92 Å². The maximum Gasteiger partial charge on any atom is 0.421 e. The lowest BCUT2D eigenvalue weighted by molar-refractivity contribution is -0.222. The van der Waals surface area contributed by atoms with Crippen LogP contribution in [0.15, 0.2) is 55.1 Å². The van der Waals surface area contributed by atoms with Crippen LogP contribution < -0.4 is 4.74 Å². The Kier molecular flexibility index (Phi) is 8.10. The summed E-state index contributed by atoms with van der Waals surface area (Å²) < 4.78 is 123. The van der Waals surface area contributed by atoms with Gasteiger partial charge in [0.1, 0.15) is 23.2 Å². The number of benzene rings is 3. The van der Waals surface area contributed by atoms with Gasteiger partial charge in [-0.2, -0.15) is 8.78 Å². The standard InChI is InChI=1S/C28H22F8O2/c1-2-15-3-5-18(6-4-15)37-14-28(35,36)38-19-7-8-20(21(29)13-19)16-9-22(30)26(23(31)10-16)17-11-24(32)27(34)25(33)12-17/h2,7-13,15,18H,1,3-6,14H2. The molecule has 2 nitrogen and oxygen atoms in total. The largest absolute Gasteiger partial charge is 0.431 e. The lowest BCUT2D eigenvalue weighted by Gasteiger charge is -2.28. The number of hydrogen-bond donors (Lipinski definition) is 0. The van der Waals surface area contributed by atoms with E-state index in [1.54, 1.807) is 0 Å². The van der Waals surface area contributed by atoms with Crippen molar-refractivity contribution in [2.45, 2.75) is 37.9 Å². The minimum absolute atomic E-state index is 0.318. The number of ether oxygens (including phenoxy) is 2. The zero-order valence-corrected chi connectivity index (χ0v) is 19.9. The third-order valence-electron chi connectivity index (χ3n) is 6.37. The van der Waals surface area contributed by atoms with Gasteiger partial charge in [-0.05, 0) is 79.1 Å². The van der Waals surface area contributed by atoms with E-state index < -0.39 is 64.5 Å². The molecule has 0 saturated heterocycles. The highest BCUT2D eigenvalue weighted by molar-refractivity contribution is 5.72. The minimum Gasteiger partial charge on any atom is -0.431 e. The van der Waals surface area contributed by atoms with E-state index in [-0.39, 0.29) is 17.2 Å². The molecule has 3 aromatic rings. The van der Waals surface area contributed by atoms with E-state index in [4.69, 9.17) is 4.74 Å². The molecule has 202 valence electrons. The molecule has 1 fully saturated rings. The zero-order chi connectivity index (χ0) is 27.6.